The van der Waals surface area contributed by atoms with Crippen molar-refractivity contribution in [2.75, 3.05) is 18.0 Å². The van der Waals surface area contributed by atoms with Crippen LogP contribution in [0.4, 0.5) is 5.13 Å². The second-order valence-corrected chi connectivity index (χ2v) is 9.65. The number of hydrogen-bond acceptors (Lipinski definition) is 6. The van der Waals surface area contributed by atoms with Gasteiger partial charge in [0, 0.05) is 47.4 Å². The standard InChI is InChI=1S/C25H31N5O2S/c1-3-4-7-18(12-17-13-27-21-9-6-5-8-19(17)21)29-24(32)23-14-28-25(33-23)30-11-10-22(31)20(15-30)16(2)26/h5-6,8-9,13-14,18,27H,3-4,7,10-12,15,26H2,1-2H3,(H,29,32)/b20-16-. The first-order chi connectivity index (χ1) is 16.0. The van der Waals surface area contributed by atoms with Crippen LogP contribution in [-0.4, -0.2) is 40.8 Å². The van der Waals surface area contributed by atoms with Crippen LogP contribution in [-0.2, 0) is 11.2 Å². The van der Waals surface area contributed by atoms with Crippen LogP contribution in [0.25, 0.3) is 10.9 Å². The average molecular weight is 466 g/mol. The quantitative estimate of drug-likeness (QED) is 0.433. The van der Waals surface area contributed by atoms with E-state index in [9.17, 15) is 9.59 Å². The molecule has 4 rings (SSSR count). The van der Waals surface area contributed by atoms with E-state index < -0.39 is 0 Å². The van der Waals surface area contributed by atoms with Crippen LogP contribution in [0.1, 0.15) is 54.8 Å². The van der Waals surface area contributed by atoms with Gasteiger partial charge < -0.3 is 20.9 Å². The third kappa shape index (κ3) is 5.27. The van der Waals surface area contributed by atoms with Crippen LogP contribution < -0.4 is 16.0 Å². The maximum Gasteiger partial charge on any atom is 0.263 e. The molecule has 3 heterocycles. The van der Waals surface area contributed by atoms with Gasteiger partial charge in [-0.2, -0.15) is 0 Å². The fraction of sp³-hybridized carbons (Fsp3) is 0.400. The summed E-state index contributed by atoms with van der Waals surface area (Å²) in [5.74, 6) is -0.00429. The molecule has 1 aliphatic rings. The van der Waals surface area contributed by atoms with Crippen molar-refractivity contribution in [1.82, 2.24) is 15.3 Å². The first kappa shape index (κ1) is 23.0. The van der Waals surface area contributed by atoms with E-state index in [0.29, 0.717) is 35.7 Å². The van der Waals surface area contributed by atoms with Gasteiger partial charge in [-0.3, -0.25) is 9.59 Å². The summed E-state index contributed by atoms with van der Waals surface area (Å²) in [6.07, 6.45) is 7.92. The number of nitrogens with two attached hydrogens (primary N) is 1. The molecule has 8 heteroatoms. The van der Waals surface area contributed by atoms with Gasteiger partial charge in [0.05, 0.1) is 12.7 Å². The summed E-state index contributed by atoms with van der Waals surface area (Å²) in [6.45, 7) is 4.94. The van der Waals surface area contributed by atoms with Crippen LogP contribution in [0, 0.1) is 0 Å². The molecule has 1 amide bonds. The molecular formula is C25H31N5O2S. The SMILES string of the molecule is CCCCC(Cc1c[nH]c2ccccc12)NC(=O)c1cnc(N2CCC(=O)/C(=C(/C)N)C2)s1. The molecule has 0 bridgehead atoms. The van der Waals surface area contributed by atoms with Gasteiger partial charge in [-0.05, 0) is 31.4 Å². The number of piperidine rings is 1. The number of H-pyrrole nitrogens is 1. The summed E-state index contributed by atoms with van der Waals surface area (Å²) in [5.41, 5.74) is 9.40. The molecule has 1 unspecified atom stereocenters. The summed E-state index contributed by atoms with van der Waals surface area (Å²) in [4.78, 5) is 35.6. The van der Waals surface area contributed by atoms with Gasteiger partial charge in [0.15, 0.2) is 10.9 Å². The number of hydrogen-bond donors (Lipinski definition) is 3. The number of carbonyl (C=O) groups is 2. The molecule has 0 spiro atoms. The van der Waals surface area contributed by atoms with Crippen molar-refractivity contribution in [3.05, 3.63) is 58.4 Å². The van der Waals surface area contributed by atoms with E-state index >= 15 is 0 Å². The molecule has 1 aliphatic heterocycles. The first-order valence-electron chi connectivity index (χ1n) is 11.5. The van der Waals surface area contributed by atoms with Crippen molar-refractivity contribution in [2.24, 2.45) is 5.73 Å². The Bertz CT molecular complexity index is 1170. The second kappa shape index (κ2) is 10.2. The zero-order valence-corrected chi connectivity index (χ0v) is 20.0. The lowest BCUT2D eigenvalue weighted by Gasteiger charge is -2.27. The van der Waals surface area contributed by atoms with E-state index in [2.05, 4.69) is 34.3 Å². The number of thiazole rings is 1. The van der Waals surface area contributed by atoms with Crippen molar-refractivity contribution in [2.45, 2.75) is 52.0 Å². The Morgan fingerprint density at radius 2 is 2.18 bits per heavy atom. The maximum absolute atomic E-state index is 13.1. The topological polar surface area (TPSA) is 104 Å². The molecule has 2 aromatic heterocycles. The maximum atomic E-state index is 13.1. The molecule has 7 nitrogen and oxygen atoms in total. The Morgan fingerprint density at radius 1 is 1.36 bits per heavy atom. The van der Waals surface area contributed by atoms with Crippen LogP contribution in [0.15, 0.2) is 47.9 Å². The van der Waals surface area contributed by atoms with Gasteiger partial charge in [0.2, 0.25) is 0 Å². The molecule has 4 N–H and O–H groups in total. The minimum absolute atomic E-state index is 0.0456. The number of Topliss-reactive ketones (excluding diaryl/α,β-unsaturated/α-hetero) is 1. The largest absolute Gasteiger partial charge is 0.402 e. The zero-order chi connectivity index (χ0) is 23.4. The smallest absolute Gasteiger partial charge is 0.263 e. The summed E-state index contributed by atoms with van der Waals surface area (Å²) in [5, 5.41) is 5.18. The summed E-state index contributed by atoms with van der Waals surface area (Å²) >= 11 is 1.36. The Morgan fingerprint density at radius 3 is 2.97 bits per heavy atom. The molecule has 1 saturated heterocycles. The Balaban J connectivity index is 1.46. The fourth-order valence-electron chi connectivity index (χ4n) is 4.27. The average Bonchev–Trinajstić information content (AvgIpc) is 3.45. The number of benzene rings is 1. The minimum atomic E-state index is -0.0986. The minimum Gasteiger partial charge on any atom is -0.402 e. The third-order valence-electron chi connectivity index (χ3n) is 6.14. The van der Waals surface area contributed by atoms with Gasteiger partial charge in [-0.25, -0.2) is 4.98 Å². The van der Waals surface area contributed by atoms with Crippen LogP contribution in [0.3, 0.4) is 0 Å². The molecule has 0 radical (unpaired) electrons. The second-order valence-electron chi connectivity index (χ2n) is 8.64. The molecule has 1 aromatic carbocycles. The number of nitrogens with zero attached hydrogens (tertiary/aromatic N) is 2. The number of nitrogens with one attached hydrogen (secondary N) is 2. The predicted molar refractivity (Wildman–Crippen MR) is 134 cm³/mol. The molecule has 33 heavy (non-hydrogen) atoms. The van der Waals surface area contributed by atoms with Crippen LogP contribution in [0.5, 0.6) is 0 Å². The highest BCUT2D eigenvalue weighted by molar-refractivity contribution is 7.17. The van der Waals surface area contributed by atoms with Crippen molar-refractivity contribution < 1.29 is 9.59 Å². The summed E-state index contributed by atoms with van der Waals surface area (Å²) in [6, 6.07) is 8.29. The molecular weight excluding hydrogens is 434 g/mol. The number of para-hydroxylation sites is 1. The summed E-state index contributed by atoms with van der Waals surface area (Å²) < 4.78 is 0. The lowest BCUT2D eigenvalue weighted by molar-refractivity contribution is -0.115. The molecule has 0 aliphatic carbocycles. The number of rotatable bonds is 8. The molecule has 3 aromatic rings. The van der Waals surface area contributed by atoms with Crippen molar-refractivity contribution >= 4 is 39.1 Å². The number of fused-ring (bicyclic) bond motifs is 1. The van der Waals surface area contributed by atoms with E-state index in [0.717, 1.165) is 36.3 Å². The number of aromatic nitrogens is 2. The Labute approximate surface area is 198 Å². The zero-order valence-electron chi connectivity index (χ0n) is 19.2. The normalized spacial score (nSPS) is 16.8. The lowest BCUT2D eigenvalue weighted by Crippen LogP contribution is -2.37. The van der Waals surface area contributed by atoms with Crippen LogP contribution in [0.2, 0.25) is 0 Å². The highest BCUT2D eigenvalue weighted by Crippen LogP contribution is 2.27. The fourth-order valence-corrected chi connectivity index (χ4v) is 5.11. The number of carbonyl (C=O) groups excluding carboxylic acids is 2. The molecule has 174 valence electrons. The van der Waals surface area contributed by atoms with E-state index in [-0.39, 0.29) is 17.7 Å². The number of allylic oxidation sites excluding steroid dienone is 1. The summed E-state index contributed by atoms with van der Waals surface area (Å²) in [7, 11) is 0. The first-order valence-corrected chi connectivity index (χ1v) is 12.3. The van der Waals surface area contributed by atoms with E-state index in [1.807, 2.05) is 23.2 Å². The molecule has 0 saturated carbocycles. The van der Waals surface area contributed by atoms with Gasteiger partial charge >= 0.3 is 0 Å². The number of anilines is 1. The number of aromatic amines is 1. The lowest BCUT2D eigenvalue weighted by atomic mass is 10.0. The van der Waals surface area contributed by atoms with Crippen molar-refractivity contribution in [3.63, 3.8) is 0 Å². The highest BCUT2D eigenvalue weighted by atomic mass is 32.1. The number of ketones is 1. The van der Waals surface area contributed by atoms with Gasteiger partial charge in [-0.15, -0.1) is 0 Å². The van der Waals surface area contributed by atoms with Crippen LogP contribution >= 0.6 is 11.3 Å². The van der Waals surface area contributed by atoms with E-state index in [4.69, 9.17) is 5.73 Å². The third-order valence-corrected chi connectivity index (χ3v) is 7.20. The van der Waals surface area contributed by atoms with E-state index in [1.54, 1.807) is 13.1 Å². The van der Waals surface area contributed by atoms with Crippen molar-refractivity contribution in [3.8, 4) is 0 Å². The highest BCUT2D eigenvalue weighted by Gasteiger charge is 2.26. The molecule has 1 atom stereocenters. The number of unbranched alkanes of at least 4 members (excludes halogenated alkanes) is 1. The van der Waals surface area contributed by atoms with Gasteiger partial charge in [-0.1, -0.05) is 49.3 Å². The van der Waals surface area contributed by atoms with Gasteiger partial charge in [0.25, 0.3) is 5.91 Å². The number of amides is 1. The van der Waals surface area contributed by atoms with Crippen molar-refractivity contribution in [1.29, 1.82) is 0 Å². The predicted octanol–water partition coefficient (Wildman–Crippen LogP) is 4.17. The molecule has 1 fully saturated rings. The monoisotopic (exact) mass is 465 g/mol. The van der Waals surface area contributed by atoms with E-state index in [1.165, 1.54) is 22.3 Å². The Kier molecular flexibility index (Phi) is 7.13. The Hall–Kier alpha value is -3.13. The van der Waals surface area contributed by atoms with Gasteiger partial charge in [0.1, 0.15) is 4.88 Å².